The molecule has 3 aliphatic rings. The molecule has 160 valence electrons. The minimum absolute atomic E-state index is 0.129. The molecular weight excluding hydrogens is 390 g/mol. The Bertz CT molecular complexity index is 1230. The second-order valence-corrected chi connectivity index (χ2v) is 9.87. The summed E-state index contributed by atoms with van der Waals surface area (Å²) in [5.74, 6) is -0.907. The van der Waals surface area contributed by atoms with Gasteiger partial charge < -0.3 is 14.8 Å². The number of aromatic nitrogens is 1. The van der Waals surface area contributed by atoms with Crippen LogP contribution in [0.1, 0.15) is 57.3 Å². The molecule has 6 nitrogen and oxygen atoms in total. The van der Waals surface area contributed by atoms with Gasteiger partial charge in [0.1, 0.15) is 5.54 Å². The van der Waals surface area contributed by atoms with Crippen LogP contribution in [0.3, 0.4) is 0 Å². The third-order valence-corrected chi connectivity index (χ3v) is 6.88. The molecule has 2 aliphatic heterocycles. The van der Waals surface area contributed by atoms with E-state index < -0.39 is 17.1 Å². The number of carbonyl (C=O) groups excluding carboxylic acids is 3. The summed E-state index contributed by atoms with van der Waals surface area (Å²) in [7, 11) is 1.94. The Balaban J connectivity index is 1.88. The average Bonchev–Trinajstić information content (AvgIpc) is 3.12. The van der Waals surface area contributed by atoms with E-state index in [0.29, 0.717) is 12.0 Å². The van der Waals surface area contributed by atoms with Crippen molar-refractivity contribution < 1.29 is 14.4 Å². The summed E-state index contributed by atoms with van der Waals surface area (Å²) in [5, 5.41) is 4.09. The maximum atomic E-state index is 13.7. The first-order valence-electron chi connectivity index (χ1n) is 10.7. The molecule has 0 bridgehead atoms. The number of carbonyl (C=O) groups is 3. The third kappa shape index (κ3) is 2.42. The average molecular weight is 418 g/mol. The van der Waals surface area contributed by atoms with Crippen LogP contribution in [0.4, 0.5) is 0 Å². The Labute approximate surface area is 181 Å². The van der Waals surface area contributed by atoms with Crippen LogP contribution in [-0.4, -0.2) is 38.1 Å². The number of amides is 2. The van der Waals surface area contributed by atoms with Crippen molar-refractivity contribution in [2.24, 2.45) is 7.05 Å². The lowest BCUT2D eigenvalue weighted by molar-refractivity contribution is -0.149. The molecule has 2 aromatic rings. The predicted octanol–water partition coefficient (Wildman–Crippen LogP) is 3.29. The molecule has 5 rings (SSSR count). The van der Waals surface area contributed by atoms with Gasteiger partial charge in [0, 0.05) is 35.5 Å². The summed E-state index contributed by atoms with van der Waals surface area (Å²) in [5.41, 5.74) is 1.88. The Morgan fingerprint density at radius 3 is 2.61 bits per heavy atom. The molecule has 1 N–H and O–H groups in total. The van der Waals surface area contributed by atoms with Crippen LogP contribution in [0.2, 0.25) is 0 Å². The minimum atomic E-state index is -1.15. The van der Waals surface area contributed by atoms with Gasteiger partial charge >= 0.3 is 0 Å². The van der Waals surface area contributed by atoms with Gasteiger partial charge in [-0.1, -0.05) is 24.3 Å². The largest absolute Gasteiger partial charge is 0.349 e. The van der Waals surface area contributed by atoms with Crippen LogP contribution in [0.5, 0.6) is 0 Å². The summed E-state index contributed by atoms with van der Waals surface area (Å²) in [6, 6.07) is 7.13. The van der Waals surface area contributed by atoms with Crippen LogP contribution < -0.4 is 5.32 Å². The van der Waals surface area contributed by atoms with Gasteiger partial charge in [-0.3, -0.25) is 14.4 Å². The number of allylic oxidation sites excluding steroid dienone is 1. The first kappa shape index (κ1) is 19.8. The highest BCUT2D eigenvalue weighted by Crippen LogP contribution is 2.58. The van der Waals surface area contributed by atoms with Crippen molar-refractivity contribution in [3.8, 4) is 0 Å². The van der Waals surface area contributed by atoms with Gasteiger partial charge in [-0.15, -0.1) is 0 Å². The highest BCUT2D eigenvalue weighted by molar-refractivity contribution is 6.13. The van der Waals surface area contributed by atoms with E-state index in [-0.39, 0.29) is 23.5 Å². The maximum Gasteiger partial charge on any atom is 0.249 e. The maximum absolute atomic E-state index is 13.7. The number of fused-ring (bicyclic) bond motifs is 4. The lowest BCUT2D eigenvalue weighted by Gasteiger charge is -2.52. The molecule has 31 heavy (non-hydrogen) atoms. The lowest BCUT2D eigenvalue weighted by atomic mass is 9.64. The van der Waals surface area contributed by atoms with Crippen molar-refractivity contribution >= 4 is 28.5 Å². The molecule has 3 atom stereocenters. The van der Waals surface area contributed by atoms with Gasteiger partial charge in [0.25, 0.3) is 0 Å². The van der Waals surface area contributed by atoms with E-state index in [0.717, 1.165) is 22.2 Å². The van der Waals surface area contributed by atoms with Gasteiger partial charge in [-0.2, -0.15) is 0 Å². The van der Waals surface area contributed by atoms with E-state index >= 15 is 0 Å². The Kier molecular flexibility index (Phi) is 3.95. The molecule has 0 fully saturated rings. The number of nitrogens with zero attached hydrogens (tertiary/aromatic N) is 2. The van der Waals surface area contributed by atoms with Crippen LogP contribution in [0.15, 0.2) is 48.1 Å². The van der Waals surface area contributed by atoms with Gasteiger partial charge in [-0.25, -0.2) is 0 Å². The van der Waals surface area contributed by atoms with Crippen molar-refractivity contribution in [1.29, 1.82) is 0 Å². The molecule has 1 aromatic carbocycles. The zero-order valence-electron chi connectivity index (χ0n) is 18.5. The number of benzene rings is 1. The van der Waals surface area contributed by atoms with Crippen LogP contribution >= 0.6 is 0 Å². The summed E-state index contributed by atoms with van der Waals surface area (Å²) in [6.07, 6.45) is 5.65. The number of rotatable bonds is 1. The van der Waals surface area contributed by atoms with Gasteiger partial charge in [0.15, 0.2) is 11.8 Å². The summed E-state index contributed by atoms with van der Waals surface area (Å²) < 4.78 is 2.02. The van der Waals surface area contributed by atoms with Crippen molar-refractivity contribution in [2.75, 3.05) is 0 Å². The van der Waals surface area contributed by atoms with E-state index in [1.54, 1.807) is 11.0 Å². The fourth-order valence-corrected chi connectivity index (χ4v) is 5.86. The van der Waals surface area contributed by atoms with Crippen molar-refractivity contribution in [3.05, 3.63) is 59.3 Å². The van der Waals surface area contributed by atoms with Crippen LogP contribution in [-0.2, 0) is 21.4 Å². The first-order valence-corrected chi connectivity index (χ1v) is 10.7. The van der Waals surface area contributed by atoms with Crippen molar-refractivity contribution in [2.45, 2.75) is 57.2 Å². The molecule has 1 spiro atoms. The van der Waals surface area contributed by atoms with E-state index in [2.05, 4.69) is 11.4 Å². The molecule has 0 saturated carbocycles. The number of ketones is 1. The first-order chi connectivity index (χ1) is 14.6. The molecule has 1 aliphatic carbocycles. The number of para-hydroxylation sites is 1. The standard InChI is InChI=1S/C25H27N3O3/c1-14-13-19(30)28-22(23(31)26-24(2,3)4)21-20(15-9-6-7-11-17(15)27(21)5)16-10-8-12-18(29)25(14,16)28/h6-9,11-13,16,22H,10H2,1-5H3,(H,26,31)/t16-,22-,25+/m1/s1. The quantitative estimate of drug-likeness (QED) is 0.774. The number of nitrogens with one attached hydrogen (secondary N) is 1. The number of aryl methyl sites for hydroxylation is 1. The highest BCUT2D eigenvalue weighted by atomic mass is 16.2. The molecule has 1 aromatic heterocycles. The van der Waals surface area contributed by atoms with Gasteiger partial charge in [0.2, 0.25) is 11.8 Å². The van der Waals surface area contributed by atoms with Crippen molar-refractivity contribution in [1.82, 2.24) is 14.8 Å². The fraction of sp³-hybridized carbons (Fsp3) is 0.400. The zero-order valence-corrected chi connectivity index (χ0v) is 18.5. The third-order valence-electron chi connectivity index (χ3n) is 6.88. The van der Waals surface area contributed by atoms with Crippen LogP contribution in [0.25, 0.3) is 10.9 Å². The topological polar surface area (TPSA) is 71.4 Å². The minimum Gasteiger partial charge on any atom is -0.349 e. The van der Waals surface area contributed by atoms with Gasteiger partial charge in [0.05, 0.1) is 5.69 Å². The van der Waals surface area contributed by atoms with E-state index in [9.17, 15) is 14.4 Å². The second-order valence-electron chi connectivity index (χ2n) is 9.87. The van der Waals surface area contributed by atoms with Crippen LogP contribution in [0, 0.1) is 0 Å². The van der Waals surface area contributed by atoms with E-state index in [4.69, 9.17) is 0 Å². The molecular formula is C25H27N3O3. The lowest BCUT2D eigenvalue weighted by Crippen LogP contribution is -2.64. The number of hydrogen-bond donors (Lipinski definition) is 1. The highest BCUT2D eigenvalue weighted by Gasteiger charge is 2.64. The normalized spacial score (nSPS) is 27.1. The summed E-state index contributed by atoms with van der Waals surface area (Å²) in [6.45, 7) is 7.59. The molecule has 3 heterocycles. The molecule has 0 saturated heterocycles. The molecule has 0 unspecified atom stereocenters. The smallest absolute Gasteiger partial charge is 0.249 e. The Morgan fingerprint density at radius 1 is 1.19 bits per heavy atom. The van der Waals surface area contributed by atoms with Gasteiger partial charge in [-0.05, 0) is 57.4 Å². The zero-order chi connectivity index (χ0) is 22.3. The Morgan fingerprint density at radius 2 is 1.90 bits per heavy atom. The second kappa shape index (κ2) is 6.19. The fourth-order valence-electron chi connectivity index (χ4n) is 5.86. The predicted molar refractivity (Wildman–Crippen MR) is 118 cm³/mol. The van der Waals surface area contributed by atoms with E-state index in [1.165, 1.54) is 6.08 Å². The molecule has 0 radical (unpaired) electrons. The number of hydrogen-bond acceptors (Lipinski definition) is 3. The molecule has 2 amide bonds. The van der Waals surface area contributed by atoms with Crippen molar-refractivity contribution in [3.63, 3.8) is 0 Å². The monoisotopic (exact) mass is 417 g/mol. The summed E-state index contributed by atoms with van der Waals surface area (Å²) >= 11 is 0. The SMILES string of the molecule is CC1=CC(=O)N2[C@@H](C(=O)NC(C)(C)C)c3c(c4ccccc4n3C)[C@H]3CC=CC(=O)[C@]132. The van der Waals surface area contributed by atoms with E-state index in [1.807, 2.05) is 63.6 Å². The Hall–Kier alpha value is -3.15. The molecule has 6 heteroatoms. The summed E-state index contributed by atoms with van der Waals surface area (Å²) in [4.78, 5) is 42.1.